The molecular weight excluding hydrogens is 390 g/mol. The van der Waals surface area contributed by atoms with Crippen molar-refractivity contribution in [2.24, 2.45) is 0 Å². The van der Waals surface area contributed by atoms with Crippen molar-refractivity contribution >= 4 is 28.3 Å². The molecule has 5 nitrogen and oxygen atoms in total. The molecule has 1 unspecified atom stereocenters. The minimum Gasteiger partial charge on any atom is -0.340 e. The fourth-order valence-corrected chi connectivity index (χ4v) is 4.38. The maximum Gasteiger partial charge on any atom is 0.133 e. The van der Waals surface area contributed by atoms with Crippen LogP contribution in [0.1, 0.15) is 23.2 Å². The summed E-state index contributed by atoms with van der Waals surface area (Å²) in [6, 6.07) is 17.9. The molecule has 30 heavy (non-hydrogen) atoms. The summed E-state index contributed by atoms with van der Waals surface area (Å²) in [5.41, 5.74) is 5.33. The molecule has 3 N–H and O–H groups in total. The third-order valence-corrected chi connectivity index (χ3v) is 6.23. The molecule has 1 fully saturated rings. The maximum atomic E-state index is 8.43. The lowest BCUT2D eigenvalue weighted by Gasteiger charge is -2.13. The van der Waals surface area contributed by atoms with Gasteiger partial charge in [0.2, 0.25) is 0 Å². The molecule has 0 radical (unpaired) electrons. The number of aromatic nitrogens is 2. The first-order valence-electron chi connectivity index (χ1n) is 10.0. The quantitative estimate of drug-likeness (QED) is 0.392. The van der Waals surface area contributed by atoms with Crippen molar-refractivity contribution < 1.29 is 0 Å². The highest BCUT2D eigenvalue weighted by molar-refractivity contribution is 8.14. The Morgan fingerprint density at radius 1 is 1.20 bits per heavy atom. The fraction of sp³-hybridized carbons (Fsp3) is 0.208. The summed E-state index contributed by atoms with van der Waals surface area (Å²) in [4.78, 5) is 9.32. The van der Waals surface area contributed by atoms with E-state index >= 15 is 0 Å². The SMILES string of the molecule is C=C(Nc1ncc(-c2cccc(C(=N)SC3CCNC3)n2)cc1C)c1ccccc1. The Morgan fingerprint density at radius 2 is 2.03 bits per heavy atom. The molecule has 1 atom stereocenters. The molecule has 4 rings (SSSR count). The maximum absolute atomic E-state index is 8.43. The Kier molecular flexibility index (Phi) is 6.26. The fourth-order valence-electron chi connectivity index (χ4n) is 3.38. The van der Waals surface area contributed by atoms with E-state index in [1.54, 1.807) is 11.8 Å². The molecule has 1 aromatic carbocycles. The lowest BCUT2D eigenvalue weighted by atomic mass is 10.1. The molecule has 1 aliphatic rings. The lowest BCUT2D eigenvalue weighted by molar-refractivity contribution is 0.859. The number of aryl methyl sites for hydroxylation is 1. The van der Waals surface area contributed by atoms with Gasteiger partial charge in [-0.3, -0.25) is 5.41 Å². The van der Waals surface area contributed by atoms with Crippen LogP contribution < -0.4 is 10.6 Å². The van der Waals surface area contributed by atoms with Crippen molar-refractivity contribution in [1.82, 2.24) is 15.3 Å². The monoisotopic (exact) mass is 415 g/mol. The van der Waals surface area contributed by atoms with Crippen molar-refractivity contribution in [2.75, 3.05) is 18.4 Å². The predicted octanol–water partition coefficient (Wildman–Crippen LogP) is 4.96. The molecule has 152 valence electrons. The van der Waals surface area contributed by atoms with Gasteiger partial charge in [-0.2, -0.15) is 0 Å². The normalized spacial score (nSPS) is 15.7. The van der Waals surface area contributed by atoms with Crippen LogP contribution in [0.15, 0.2) is 67.4 Å². The summed E-state index contributed by atoms with van der Waals surface area (Å²) < 4.78 is 0. The molecule has 0 amide bonds. The average molecular weight is 416 g/mol. The third kappa shape index (κ3) is 4.78. The summed E-state index contributed by atoms with van der Waals surface area (Å²) in [5, 5.41) is 16.0. The van der Waals surface area contributed by atoms with Crippen molar-refractivity contribution in [3.63, 3.8) is 0 Å². The van der Waals surface area contributed by atoms with E-state index in [0.717, 1.165) is 53.4 Å². The lowest BCUT2D eigenvalue weighted by Crippen LogP contribution is -2.12. The minimum absolute atomic E-state index is 0.454. The number of pyridine rings is 2. The van der Waals surface area contributed by atoms with E-state index in [2.05, 4.69) is 28.3 Å². The van der Waals surface area contributed by atoms with Gasteiger partial charge in [-0.05, 0) is 49.2 Å². The Morgan fingerprint density at radius 3 is 2.77 bits per heavy atom. The highest BCUT2D eigenvalue weighted by Crippen LogP contribution is 2.26. The van der Waals surface area contributed by atoms with Crippen molar-refractivity contribution in [3.05, 3.63) is 84.2 Å². The summed E-state index contributed by atoms with van der Waals surface area (Å²) in [6.07, 6.45) is 2.91. The standard InChI is InChI=1S/C24H25N5S/c1-16-13-19(14-27-24(16)28-17(2)18-7-4-3-5-8-18)21-9-6-10-22(29-21)23(25)30-20-11-12-26-15-20/h3-10,13-14,20,25-26H,2,11-12,15H2,1H3,(H,27,28). The van der Waals surface area contributed by atoms with E-state index < -0.39 is 0 Å². The average Bonchev–Trinajstić information content (AvgIpc) is 3.29. The zero-order valence-electron chi connectivity index (χ0n) is 17.0. The topological polar surface area (TPSA) is 73.7 Å². The number of anilines is 1. The molecule has 0 aliphatic carbocycles. The molecule has 0 spiro atoms. The van der Waals surface area contributed by atoms with Gasteiger partial charge in [0, 0.05) is 29.3 Å². The van der Waals surface area contributed by atoms with E-state index in [1.165, 1.54) is 0 Å². The van der Waals surface area contributed by atoms with Crippen molar-refractivity contribution in [3.8, 4) is 11.3 Å². The number of nitrogens with one attached hydrogen (secondary N) is 3. The van der Waals surface area contributed by atoms with E-state index in [-0.39, 0.29) is 0 Å². The van der Waals surface area contributed by atoms with Crippen molar-refractivity contribution in [2.45, 2.75) is 18.6 Å². The number of hydrogen-bond acceptors (Lipinski definition) is 6. The van der Waals surface area contributed by atoms with Gasteiger partial charge in [-0.25, -0.2) is 9.97 Å². The molecule has 0 saturated carbocycles. The van der Waals surface area contributed by atoms with Crippen LogP contribution >= 0.6 is 11.8 Å². The summed E-state index contributed by atoms with van der Waals surface area (Å²) in [7, 11) is 0. The smallest absolute Gasteiger partial charge is 0.133 e. The van der Waals surface area contributed by atoms with Crippen LogP contribution in [-0.2, 0) is 0 Å². The van der Waals surface area contributed by atoms with Crippen LogP contribution in [0.3, 0.4) is 0 Å². The number of nitrogens with zero attached hydrogens (tertiary/aromatic N) is 2. The van der Waals surface area contributed by atoms with Crippen LogP contribution in [0.5, 0.6) is 0 Å². The van der Waals surface area contributed by atoms with E-state index in [9.17, 15) is 0 Å². The van der Waals surface area contributed by atoms with Gasteiger partial charge in [0.25, 0.3) is 0 Å². The number of rotatable bonds is 6. The van der Waals surface area contributed by atoms with Crippen LogP contribution in [0, 0.1) is 12.3 Å². The number of thioether (sulfide) groups is 1. The van der Waals surface area contributed by atoms with Gasteiger partial charge in [0.1, 0.15) is 10.9 Å². The van der Waals surface area contributed by atoms with Crippen LogP contribution in [0.2, 0.25) is 0 Å². The zero-order chi connectivity index (χ0) is 20.9. The highest BCUT2D eigenvalue weighted by atomic mass is 32.2. The molecular formula is C24H25N5S. The largest absolute Gasteiger partial charge is 0.340 e. The van der Waals surface area contributed by atoms with E-state index in [0.29, 0.717) is 16.0 Å². The molecule has 0 bridgehead atoms. The third-order valence-electron chi connectivity index (χ3n) is 5.05. The van der Waals surface area contributed by atoms with E-state index in [4.69, 9.17) is 10.4 Å². The van der Waals surface area contributed by atoms with E-state index in [1.807, 2.05) is 61.7 Å². The Labute approximate surface area is 181 Å². The summed E-state index contributed by atoms with van der Waals surface area (Å²) >= 11 is 1.60. The first-order chi connectivity index (χ1) is 14.6. The molecule has 6 heteroatoms. The predicted molar refractivity (Wildman–Crippen MR) is 127 cm³/mol. The van der Waals surface area contributed by atoms with Crippen molar-refractivity contribution in [1.29, 1.82) is 5.41 Å². The second-order valence-electron chi connectivity index (χ2n) is 7.33. The molecule has 3 aromatic rings. The summed E-state index contributed by atoms with van der Waals surface area (Å²) in [5.74, 6) is 0.779. The minimum atomic E-state index is 0.454. The second kappa shape index (κ2) is 9.24. The first-order valence-corrected chi connectivity index (χ1v) is 10.9. The van der Waals surface area contributed by atoms with Gasteiger partial charge in [0.15, 0.2) is 0 Å². The Hall–Kier alpha value is -2.96. The van der Waals surface area contributed by atoms with Crippen LogP contribution in [0.25, 0.3) is 17.0 Å². The Bertz CT molecular complexity index is 1060. The molecule has 3 heterocycles. The number of hydrogen-bond donors (Lipinski definition) is 3. The van der Waals surface area contributed by atoms with Gasteiger partial charge in [-0.1, -0.05) is 43.0 Å². The summed E-state index contributed by atoms with van der Waals surface area (Å²) in [6.45, 7) is 8.13. The molecule has 2 aromatic heterocycles. The van der Waals surface area contributed by atoms with Crippen LogP contribution in [-0.4, -0.2) is 33.4 Å². The second-order valence-corrected chi connectivity index (χ2v) is 8.64. The Balaban J connectivity index is 1.50. The first kappa shape index (κ1) is 20.3. The van der Waals surface area contributed by atoms with Gasteiger partial charge >= 0.3 is 0 Å². The highest BCUT2D eigenvalue weighted by Gasteiger charge is 2.18. The van der Waals surface area contributed by atoms with Gasteiger partial charge in [-0.15, -0.1) is 11.8 Å². The zero-order valence-corrected chi connectivity index (χ0v) is 17.8. The molecule has 1 aliphatic heterocycles. The number of benzene rings is 1. The van der Waals surface area contributed by atoms with Crippen LogP contribution in [0.4, 0.5) is 5.82 Å². The van der Waals surface area contributed by atoms with Gasteiger partial charge in [0.05, 0.1) is 11.4 Å². The van der Waals surface area contributed by atoms with Gasteiger partial charge < -0.3 is 10.6 Å². The molecule has 1 saturated heterocycles.